The molecule has 7 heteroatoms. The first kappa shape index (κ1) is 18.1. The lowest BCUT2D eigenvalue weighted by atomic mass is 10.1. The molecule has 0 saturated heterocycles. The van der Waals surface area contributed by atoms with Crippen LogP contribution in [0.5, 0.6) is 5.75 Å². The van der Waals surface area contributed by atoms with E-state index in [9.17, 15) is 19.7 Å². The van der Waals surface area contributed by atoms with E-state index in [1.807, 2.05) is 6.92 Å². The quantitative estimate of drug-likeness (QED) is 0.216. The first-order valence-electron chi connectivity index (χ1n) is 8.03. The topological polar surface area (TPSA) is 99.7 Å². The van der Waals surface area contributed by atoms with Gasteiger partial charge in [-0.3, -0.25) is 14.9 Å². The number of nitrogens with zero attached hydrogens (tertiary/aromatic N) is 1. The van der Waals surface area contributed by atoms with E-state index in [-0.39, 0.29) is 23.0 Å². The monoisotopic (exact) mass is 365 g/mol. The fourth-order valence-electron chi connectivity index (χ4n) is 2.51. The second kappa shape index (κ2) is 7.25. The SMILES string of the molecule is CC(=O)c1cc(C)ccc1OC(=O)c1ccc(-c2ccc([N+](=O)[O-])cc2)o1. The molecule has 0 atom stereocenters. The largest absolute Gasteiger partial charge is 0.449 e. The van der Waals surface area contributed by atoms with Crippen LogP contribution < -0.4 is 4.74 Å². The van der Waals surface area contributed by atoms with Gasteiger partial charge in [0.2, 0.25) is 5.76 Å². The predicted octanol–water partition coefficient (Wildman–Crippen LogP) is 4.59. The molecule has 1 aromatic heterocycles. The number of non-ortho nitro benzene ring substituents is 1. The van der Waals surface area contributed by atoms with Crippen LogP contribution in [0.15, 0.2) is 59.0 Å². The fourth-order valence-corrected chi connectivity index (χ4v) is 2.51. The number of hydrogen-bond donors (Lipinski definition) is 0. The summed E-state index contributed by atoms with van der Waals surface area (Å²) in [6, 6.07) is 13.7. The van der Waals surface area contributed by atoms with E-state index >= 15 is 0 Å². The molecule has 0 fully saturated rings. The standard InChI is InChI=1S/C20H15NO6/c1-12-3-8-18(16(11-12)13(2)22)27-20(23)19-10-9-17(26-19)14-4-6-15(7-5-14)21(24)25/h3-11H,1-2H3. The van der Waals surface area contributed by atoms with Gasteiger partial charge in [-0.2, -0.15) is 0 Å². The zero-order valence-corrected chi connectivity index (χ0v) is 14.6. The molecule has 0 aliphatic carbocycles. The normalized spacial score (nSPS) is 10.4. The Balaban J connectivity index is 1.81. The van der Waals surface area contributed by atoms with Crippen molar-refractivity contribution in [2.45, 2.75) is 13.8 Å². The summed E-state index contributed by atoms with van der Waals surface area (Å²) in [7, 11) is 0. The third-order valence-corrected chi connectivity index (χ3v) is 3.89. The van der Waals surface area contributed by atoms with Crippen molar-refractivity contribution in [3.05, 3.63) is 81.6 Å². The van der Waals surface area contributed by atoms with Crippen LogP contribution in [-0.4, -0.2) is 16.7 Å². The first-order valence-corrected chi connectivity index (χ1v) is 8.03. The fraction of sp³-hybridized carbons (Fsp3) is 0.100. The van der Waals surface area contributed by atoms with Crippen molar-refractivity contribution in [1.29, 1.82) is 0 Å². The van der Waals surface area contributed by atoms with E-state index in [1.165, 1.54) is 37.3 Å². The summed E-state index contributed by atoms with van der Waals surface area (Å²) in [6.07, 6.45) is 0. The Morgan fingerprint density at radius 3 is 2.37 bits per heavy atom. The highest BCUT2D eigenvalue weighted by Gasteiger charge is 2.18. The van der Waals surface area contributed by atoms with Crippen molar-refractivity contribution < 1.29 is 23.7 Å². The minimum Gasteiger partial charge on any atom is -0.449 e. The Bertz CT molecular complexity index is 1030. The van der Waals surface area contributed by atoms with E-state index in [2.05, 4.69) is 0 Å². The molecule has 0 unspecified atom stereocenters. The van der Waals surface area contributed by atoms with Crippen LogP contribution in [-0.2, 0) is 0 Å². The lowest BCUT2D eigenvalue weighted by molar-refractivity contribution is -0.384. The van der Waals surface area contributed by atoms with Crippen LogP contribution >= 0.6 is 0 Å². The van der Waals surface area contributed by atoms with Crippen LogP contribution in [0.25, 0.3) is 11.3 Å². The van der Waals surface area contributed by atoms with E-state index in [0.29, 0.717) is 16.9 Å². The number of aryl methyl sites for hydroxylation is 1. The van der Waals surface area contributed by atoms with Gasteiger partial charge in [0.05, 0.1) is 10.5 Å². The van der Waals surface area contributed by atoms with Crippen LogP contribution in [0.2, 0.25) is 0 Å². The van der Waals surface area contributed by atoms with Crippen LogP contribution in [0, 0.1) is 17.0 Å². The lowest BCUT2D eigenvalue weighted by Gasteiger charge is -2.08. The lowest BCUT2D eigenvalue weighted by Crippen LogP contribution is -2.10. The predicted molar refractivity (Wildman–Crippen MR) is 96.9 cm³/mol. The summed E-state index contributed by atoms with van der Waals surface area (Å²) in [5.74, 6) is -0.473. The molecular formula is C20H15NO6. The molecule has 0 aliphatic rings. The molecule has 27 heavy (non-hydrogen) atoms. The Morgan fingerprint density at radius 2 is 1.74 bits per heavy atom. The van der Waals surface area contributed by atoms with Crippen molar-refractivity contribution in [3.8, 4) is 17.1 Å². The minimum atomic E-state index is -0.741. The summed E-state index contributed by atoms with van der Waals surface area (Å²) in [6.45, 7) is 3.23. The Labute approximate surface area is 154 Å². The number of ketones is 1. The molecule has 7 nitrogen and oxygen atoms in total. The summed E-state index contributed by atoms with van der Waals surface area (Å²) in [5.41, 5.74) is 1.73. The van der Waals surface area contributed by atoms with Gasteiger partial charge in [0.25, 0.3) is 5.69 Å². The number of carbonyl (C=O) groups excluding carboxylic acids is 2. The van der Waals surface area contributed by atoms with Crippen molar-refractivity contribution in [3.63, 3.8) is 0 Å². The highest BCUT2D eigenvalue weighted by atomic mass is 16.6. The Kier molecular flexibility index (Phi) is 4.85. The number of nitro groups is 1. The summed E-state index contributed by atoms with van der Waals surface area (Å²) in [4.78, 5) is 34.3. The molecule has 136 valence electrons. The van der Waals surface area contributed by atoms with E-state index in [1.54, 1.807) is 24.3 Å². The number of nitro benzene ring substituents is 1. The second-order valence-electron chi connectivity index (χ2n) is 5.91. The van der Waals surface area contributed by atoms with E-state index < -0.39 is 10.9 Å². The maximum Gasteiger partial charge on any atom is 0.379 e. The van der Waals surface area contributed by atoms with Gasteiger partial charge in [0.1, 0.15) is 11.5 Å². The number of Topliss-reactive ketones (excluding diaryl/α,β-unsaturated/α-hetero) is 1. The maximum absolute atomic E-state index is 12.3. The summed E-state index contributed by atoms with van der Waals surface area (Å²) < 4.78 is 10.8. The molecule has 2 aromatic carbocycles. The average Bonchev–Trinajstić information content (AvgIpc) is 3.13. The minimum absolute atomic E-state index is 0.0407. The Morgan fingerprint density at radius 1 is 1.04 bits per heavy atom. The summed E-state index contributed by atoms with van der Waals surface area (Å²) >= 11 is 0. The zero-order chi connectivity index (χ0) is 19.6. The van der Waals surface area contributed by atoms with E-state index in [4.69, 9.17) is 9.15 Å². The molecule has 0 N–H and O–H groups in total. The van der Waals surface area contributed by atoms with Crippen LogP contribution in [0.1, 0.15) is 33.4 Å². The number of esters is 1. The molecule has 3 aromatic rings. The number of carbonyl (C=O) groups is 2. The second-order valence-corrected chi connectivity index (χ2v) is 5.91. The number of hydrogen-bond acceptors (Lipinski definition) is 6. The van der Waals surface area contributed by atoms with Gasteiger partial charge in [-0.15, -0.1) is 0 Å². The number of benzene rings is 2. The number of rotatable bonds is 5. The molecule has 0 amide bonds. The number of furan rings is 1. The van der Waals surface area contributed by atoms with Crippen molar-refractivity contribution in [2.24, 2.45) is 0 Å². The van der Waals surface area contributed by atoms with Gasteiger partial charge in [0.15, 0.2) is 5.78 Å². The highest BCUT2D eigenvalue weighted by molar-refractivity contribution is 5.98. The molecule has 3 rings (SSSR count). The van der Waals surface area contributed by atoms with Gasteiger partial charge in [-0.05, 0) is 50.2 Å². The van der Waals surface area contributed by atoms with Gasteiger partial charge in [-0.1, -0.05) is 11.6 Å². The third-order valence-electron chi connectivity index (χ3n) is 3.89. The average molecular weight is 365 g/mol. The van der Waals surface area contributed by atoms with Gasteiger partial charge in [-0.25, -0.2) is 4.79 Å². The molecule has 0 saturated carbocycles. The van der Waals surface area contributed by atoms with Gasteiger partial charge in [0, 0.05) is 17.7 Å². The van der Waals surface area contributed by atoms with Crippen molar-refractivity contribution >= 4 is 17.4 Å². The van der Waals surface area contributed by atoms with E-state index in [0.717, 1.165) is 5.56 Å². The summed E-state index contributed by atoms with van der Waals surface area (Å²) in [5, 5.41) is 10.7. The molecule has 0 aliphatic heterocycles. The van der Waals surface area contributed by atoms with Crippen molar-refractivity contribution in [2.75, 3.05) is 0 Å². The molecule has 0 spiro atoms. The molecular weight excluding hydrogens is 350 g/mol. The Hall–Kier alpha value is -3.74. The molecule has 0 bridgehead atoms. The van der Waals surface area contributed by atoms with Gasteiger partial charge >= 0.3 is 5.97 Å². The highest BCUT2D eigenvalue weighted by Crippen LogP contribution is 2.26. The van der Waals surface area contributed by atoms with Gasteiger partial charge < -0.3 is 9.15 Å². The van der Waals surface area contributed by atoms with Crippen LogP contribution in [0.3, 0.4) is 0 Å². The van der Waals surface area contributed by atoms with Crippen LogP contribution in [0.4, 0.5) is 5.69 Å². The number of ether oxygens (including phenoxy) is 1. The smallest absolute Gasteiger partial charge is 0.379 e. The molecule has 0 radical (unpaired) electrons. The van der Waals surface area contributed by atoms with Crippen molar-refractivity contribution in [1.82, 2.24) is 0 Å². The maximum atomic E-state index is 12.3. The zero-order valence-electron chi connectivity index (χ0n) is 14.6. The third kappa shape index (κ3) is 3.92. The molecule has 1 heterocycles. The first-order chi connectivity index (χ1) is 12.8.